The average Bonchev–Trinajstić information content (AvgIpc) is 3.88. The van der Waals surface area contributed by atoms with Crippen molar-refractivity contribution in [2.75, 3.05) is 0 Å². The summed E-state index contributed by atoms with van der Waals surface area (Å²) in [5, 5.41) is 15.6. The lowest BCUT2D eigenvalue weighted by atomic mass is 9.82. The molecular formula is C63H35N. The van der Waals surface area contributed by atoms with E-state index in [0.717, 1.165) is 0 Å². The van der Waals surface area contributed by atoms with Gasteiger partial charge in [0.05, 0.1) is 0 Å². The molecule has 0 aliphatic heterocycles. The maximum absolute atomic E-state index is 4.75. The van der Waals surface area contributed by atoms with E-state index >= 15 is 0 Å². The molecule has 0 spiro atoms. The van der Waals surface area contributed by atoms with Gasteiger partial charge in [-0.15, -0.1) is 0 Å². The molecular weight excluding hydrogens is 771 g/mol. The number of benzene rings is 12. The highest BCUT2D eigenvalue weighted by atomic mass is 14.6. The van der Waals surface area contributed by atoms with Gasteiger partial charge >= 0.3 is 0 Å². The van der Waals surface area contributed by atoms with Crippen molar-refractivity contribution in [3.8, 4) is 89.0 Å². The molecule has 2 aliphatic carbocycles. The standard InChI is InChI=1S/C63H35N/c1-5-15-36(16-6-1)52-40-23-13-14-24-41(40)53(37-17-7-2-8-18-37)61-48-30-26-43-45-28-32-50-59-49(31-27-44(57(45)59)42-25-29-47(60(52)61)58(48)56(42)43)62-54(38-19-9-3-10-20-38)46-33-34-64-35-51(46)55(63(50)62)39-21-11-4-12-22-39/h1-35H. The van der Waals surface area contributed by atoms with Crippen molar-refractivity contribution < 1.29 is 0 Å². The summed E-state index contributed by atoms with van der Waals surface area (Å²) < 4.78 is 0. The van der Waals surface area contributed by atoms with Crippen LogP contribution in [0.3, 0.4) is 0 Å². The van der Waals surface area contributed by atoms with E-state index in [4.69, 9.17) is 4.98 Å². The molecule has 0 saturated carbocycles. The Morgan fingerprint density at radius 3 is 0.844 bits per heavy atom. The van der Waals surface area contributed by atoms with E-state index in [1.807, 2.05) is 6.20 Å². The lowest BCUT2D eigenvalue weighted by molar-refractivity contribution is 1.36. The third-order valence-corrected chi connectivity index (χ3v) is 14.6. The maximum atomic E-state index is 4.75. The number of pyridine rings is 1. The van der Waals surface area contributed by atoms with Crippen molar-refractivity contribution in [2.45, 2.75) is 0 Å². The van der Waals surface area contributed by atoms with Crippen LogP contribution in [0.15, 0.2) is 213 Å². The van der Waals surface area contributed by atoms with Crippen LogP contribution in [0.1, 0.15) is 0 Å². The summed E-state index contributed by atoms with van der Waals surface area (Å²) >= 11 is 0. The van der Waals surface area contributed by atoms with E-state index in [1.54, 1.807) is 0 Å². The second-order valence-corrected chi connectivity index (χ2v) is 17.6. The van der Waals surface area contributed by atoms with Crippen LogP contribution in [-0.4, -0.2) is 4.98 Å². The van der Waals surface area contributed by atoms with Gasteiger partial charge in [0.2, 0.25) is 0 Å². The highest BCUT2D eigenvalue weighted by Crippen LogP contribution is 2.62. The minimum absolute atomic E-state index is 1.18. The first-order valence-electron chi connectivity index (χ1n) is 22.3. The molecule has 0 atom stereocenters. The molecule has 0 amide bonds. The summed E-state index contributed by atoms with van der Waals surface area (Å²) in [4.78, 5) is 4.75. The summed E-state index contributed by atoms with van der Waals surface area (Å²) in [6.07, 6.45) is 4.03. The largest absolute Gasteiger partial charge is 0.264 e. The Bertz CT molecular complexity index is 3600. The Balaban J connectivity index is 1.09. The summed E-state index contributed by atoms with van der Waals surface area (Å²) in [6, 6.07) is 74.7. The lowest BCUT2D eigenvalue weighted by Gasteiger charge is -2.20. The molecule has 0 unspecified atom stereocenters. The van der Waals surface area contributed by atoms with Gasteiger partial charge in [-0.2, -0.15) is 0 Å². The molecule has 1 heterocycles. The summed E-state index contributed by atoms with van der Waals surface area (Å²) in [7, 11) is 0. The van der Waals surface area contributed by atoms with E-state index in [9.17, 15) is 0 Å². The third-order valence-electron chi connectivity index (χ3n) is 14.6. The molecule has 0 saturated heterocycles. The first-order valence-corrected chi connectivity index (χ1v) is 22.3. The molecule has 13 aromatic rings. The second-order valence-electron chi connectivity index (χ2n) is 17.6. The molecule has 0 N–H and O–H groups in total. The minimum Gasteiger partial charge on any atom is -0.264 e. The van der Waals surface area contributed by atoms with Crippen molar-refractivity contribution in [2.24, 2.45) is 0 Å². The first kappa shape index (κ1) is 34.2. The molecule has 64 heavy (non-hydrogen) atoms. The van der Waals surface area contributed by atoms with Crippen LogP contribution in [0.2, 0.25) is 0 Å². The molecule has 2 aliphatic rings. The molecule has 1 heteroatoms. The van der Waals surface area contributed by atoms with Gasteiger partial charge in [0.25, 0.3) is 0 Å². The Kier molecular flexibility index (Phi) is 6.74. The Morgan fingerprint density at radius 2 is 0.500 bits per heavy atom. The maximum Gasteiger partial charge on any atom is 0.0353 e. The van der Waals surface area contributed by atoms with Gasteiger partial charge in [0.15, 0.2) is 0 Å². The number of nitrogens with zero attached hydrogens (tertiary/aromatic N) is 1. The van der Waals surface area contributed by atoms with Crippen LogP contribution in [0.4, 0.5) is 0 Å². The fourth-order valence-electron chi connectivity index (χ4n) is 12.2. The predicted octanol–water partition coefficient (Wildman–Crippen LogP) is 17.4. The zero-order valence-corrected chi connectivity index (χ0v) is 34.7. The van der Waals surface area contributed by atoms with E-state index in [0.29, 0.717) is 0 Å². The van der Waals surface area contributed by atoms with Gasteiger partial charge in [-0.3, -0.25) is 4.98 Å². The number of hydrogen-bond donors (Lipinski definition) is 0. The van der Waals surface area contributed by atoms with Crippen molar-refractivity contribution in [3.63, 3.8) is 0 Å². The quantitative estimate of drug-likeness (QED) is 0.128. The highest BCUT2D eigenvalue weighted by Gasteiger charge is 2.35. The summed E-state index contributed by atoms with van der Waals surface area (Å²) in [5.74, 6) is 0. The zero-order valence-electron chi connectivity index (χ0n) is 34.7. The molecule has 0 radical (unpaired) electrons. The van der Waals surface area contributed by atoms with Crippen molar-refractivity contribution in [1.82, 2.24) is 4.98 Å². The number of aromatic nitrogens is 1. The fraction of sp³-hybridized carbons (Fsp3) is 0. The van der Waals surface area contributed by atoms with E-state index in [1.165, 1.54) is 154 Å². The monoisotopic (exact) mass is 805 g/mol. The lowest BCUT2D eigenvalue weighted by Crippen LogP contribution is -1.94. The van der Waals surface area contributed by atoms with Crippen LogP contribution in [0.25, 0.3) is 154 Å². The first-order chi connectivity index (χ1) is 31.8. The summed E-state index contributed by atoms with van der Waals surface area (Å²) in [6.45, 7) is 0. The Labute approximate surface area is 369 Å². The normalized spacial score (nSPS) is 12.4. The molecule has 0 bridgehead atoms. The second kappa shape index (κ2) is 12.6. The number of rotatable bonds is 4. The van der Waals surface area contributed by atoms with E-state index in [2.05, 4.69) is 206 Å². The molecule has 1 aromatic heterocycles. The van der Waals surface area contributed by atoms with Crippen LogP contribution in [0.5, 0.6) is 0 Å². The van der Waals surface area contributed by atoms with Gasteiger partial charge in [-0.05, 0) is 154 Å². The predicted molar refractivity (Wildman–Crippen MR) is 271 cm³/mol. The van der Waals surface area contributed by atoms with Crippen LogP contribution in [0, 0.1) is 0 Å². The molecule has 1 nitrogen and oxygen atoms in total. The van der Waals surface area contributed by atoms with Crippen molar-refractivity contribution >= 4 is 64.6 Å². The van der Waals surface area contributed by atoms with E-state index in [-0.39, 0.29) is 0 Å². The molecule has 12 aromatic carbocycles. The summed E-state index contributed by atoms with van der Waals surface area (Å²) in [5.41, 5.74) is 20.6. The molecule has 292 valence electrons. The van der Waals surface area contributed by atoms with Crippen molar-refractivity contribution in [1.29, 1.82) is 0 Å². The molecule has 0 fully saturated rings. The topological polar surface area (TPSA) is 12.9 Å². The SMILES string of the molecule is c1ccc(-c2c3c(c(-c4ccccc4)c4ccccc24)-c2ccc4c5ccc6c7c(ccc(c8ccc-3c2c84)c75)-c2c-6c(-c3ccccc3)c3cnccc3c2-c2ccccc2)cc1. The van der Waals surface area contributed by atoms with Gasteiger partial charge < -0.3 is 0 Å². The molecule has 15 rings (SSSR count). The highest BCUT2D eigenvalue weighted by molar-refractivity contribution is 6.42. The number of fused-ring (bicyclic) bond motifs is 10. The van der Waals surface area contributed by atoms with E-state index < -0.39 is 0 Å². The third kappa shape index (κ3) is 4.31. The number of hydrogen-bond acceptors (Lipinski definition) is 1. The Hall–Kier alpha value is -8.39. The zero-order chi connectivity index (χ0) is 41.6. The van der Waals surface area contributed by atoms with Gasteiger partial charge in [0.1, 0.15) is 0 Å². The van der Waals surface area contributed by atoms with Crippen molar-refractivity contribution in [3.05, 3.63) is 213 Å². The minimum atomic E-state index is 1.18. The van der Waals surface area contributed by atoms with Crippen LogP contribution >= 0.6 is 0 Å². The van der Waals surface area contributed by atoms with Gasteiger partial charge in [0, 0.05) is 17.8 Å². The van der Waals surface area contributed by atoms with Gasteiger partial charge in [-0.1, -0.05) is 194 Å². The fourth-order valence-corrected chi connectivity index (χ4v) is 12.2. The van der Waals surface area contributed by atoms with Gasteiger partial charge in [-0.25, -0.2) is 0 Å². The average molecular weight is 806 g/mol. The van der Waals surface area contributed by atoms with Crippen LogP contribution < -0.4 is 0 Å². The smallest absolute Gasteiger partial charge is 0.0353 e. The van der Waals surface area contributed by atoms with Crippen LogP contribution in [-0.2, 0) is 0 Å². The Morgan fingerprint density at radius 1 is 0.203 bits per heavy atom.